The average Bonchev–Trinajstić information content (AvgIpc) is 2.86. The van der Waals surface area contributed by atoms with E-state index in [-0.39, 0.29) is 16.4 Å². The van der Waals surface area contributed by atoms with E-state index in [0.29, 0.717) is 27.9 Å². The molecule has 0 aliphatic rings. The highest BCUT2D eigenvalue weighted by Crippen LogP contribution is 2.27. The van der Waals surface area contributed by atoms with Crippen molar-refractivity contribution in [2.75, 3.05) is 5.32 Å². The molecule has 34 heavy (non-hydrogen) atoms. The van der Waals surface area contributed by atoms with Gasteiger partial charge in [0.25, 0.3) is 5.76 Å². The molecule has 3 nitrogen and oxygen atoms in total. The van der Waals surface area contributed by atoms with Crippen molar-refractivity contribution in [3.8, 4) is 11.1 Å². The number of aromatic nitrogens is 1. The van der Waals surface area contributed by atoms with Crippen molar-refractivity contribution >= 4 is 46.1 Å². The second-order valence-corrected chi connectivity index (χ2v) is 8.73. The summed E-state index contributed by atoms with van der Waals surface area (Å²) in [5.74, 6) is -2.72. The molecule has 0 radical (unpaired) electrons. The number of hydrogen-bond acceptors (Lipinski definition) is 3. The number of thiocarbonyl (C=S) groups is 1. The molecule has 1 heterocycles. The smallest absolute Gasteiger partial charge is 0.288 e. The molecule has 1 N–H and O–H groups in total. The van der Waals surface area contributed by atoms with Crippen molar-refractivity contribution in [1.29, 1.82) is 0 Å². The molecule has 4 rings (SSSR count). The van der Waals surface area contributed by atoms with Gasteiger partial charge in [-0.3, -0.25) is 0 Å². The minimum atomic E-state index is -2.49. The molecular weight excluding hydrogens is 470 g/mol. The van der Waals surface area contributed by atoms with Crippen molar-refractivity contribution in [2.24, 2.45) is 0 Å². The van der Waals surface area contributed by atoms with E-state index in [1.807, 2.05) is 60.7 Å². The predicted molar refractivity (Wildman–Crippen MR) is 136 cm³/mol. The summed E-state index contributed by atoms with van der Waals surface area (Å²) in [6, 6.07) is 29.3. The molecule has 0 atom stereocenters. The van der Waals surface area contributed by atoms with Gasteiger partial charge in [-0.2, -0.15) is 13.3 Å². The predicted octanol–water partition coefficient (Wildman–Crippen LogP) is 6.08. The highest BCUT2D eigenvalue weighted by molar-refractivity contribution is 7.99. The Balaban J connectivity index is 1.65. The molecule has 1 aromatic heterocycles. The van der Waals surface area contributed by atoms with E-state index in [1.54, 1.807) is 53.4 Å². The van der Waals surface area contributed by atoms with Gasteiger partial charge in [0.15, 0.2) is 17.4 Å². The molecule has 0 bridgehead atoms. The Morgan fingerprint density at radius 1 is 0.794 bits per heavy atom. The third-order valence-electron chi connectivity index (χ3n) is 5.00. The maximum absolute atomic E-state index is 13.5. The molecule has 0 fully saturated rings. The topological polar surface area (TPSA) is 39.0 Å². The highest BCUT2D eigenvalue weighted by atomic mass is 32.2. The summed E-state index contributed by atoms with van der Waals surface area (Å²) in [7, 11) is 0. The van der Waals surface area contributed by atoms with Gasteiger partial charge in [-0.15, -0.1) is 0 Å². The number of pyridine rings is 1. The van der Waals surface area contributed by atoms with E-state index in [9.17, 15) is 13.9 Å². The quantitative estimate of drug-likeness (QED) is 0.112. The number of rotatable bonds is 7. The molecule has 7 heteroatoms. The Morgan fingerprint density at radius 3 is 2.00 bits per heavy atom. The summed E-state index contributed by atoms with van der Waals surface area (Å²) < 4.78 is 26.8. The lowest BCUT2D eigenvalue weighted by atomic mass is 10.0. The lowest BCUT2D eigenvalue weighted by Crippen LogP contribution is -2.39. The van der Waals surface area contributed by atoms with Crippen LogP contribution in [-0.2, 0) is 0 Å². The molecule has 0 saturated carbocycles. The third-order valence-corrected chi connectivity index (χ3v) is 6.01. The highest BCUT2D eigenvalue weighted by Gasteiger charge is 2.19. The maximum atomic E-state index is 13.5. The van der Waals surface area contributed by atoms with Crippen molar-refractivity contribution in [1.82, 2.24) is 0 Å². The summed E-state index contributed by atoms with van der Waals surface area (Å²) in [4.78, 5) is 0.672. The number of hydrogen-bond donors (Lipinski definition) is 1. The molecule has 170 valence electrons. The average molecular weight is 491 g/mol. The largest absolute Gasteiger partial charge is 0.867 e. The molecule has 0 aliphatic carbocycles. The Labute approximate surface area is 206 Å². The number of nitrogens with zero attached hydrogens (tertiary/aromatic N) is 1. The summed E-state index contributed by atoms with van der Waals surface area (Å²) >= 11 is 6.08. The molecule has 0 aliphatic heterocycles. The van der Waals surface area contributed by atoms with Crippen LogP contribution in [0.2, 0.25) is 0 Å². The van der Waals surface area contributed by atoms with Crippen LogP contribution in [0.4, 0.5) is 14.5 Å². The van der Waals surface area contributed by atoms with Crippen LogP contribution in [0.1, 0.15) is 5.56 Å². The van der Waals surface area contributed by atoms with E-state index >= 15 is 0 Å². The Hall–Kier alpha value is -3.55. The van der Waals surface area contributed by atoms with Crippen LogP contribution < -0.4 is 15.0 Å². The van der Waals surface area contributed by atoms with E-state index in [4.69, 9.17) is 12.2 Å². The summed E-state index contributed by atoms with van der Waals surface area (Å²) in [6.07, 6.45) is 3.50. The molecule has 4 aromatic rings. The van der Waals surface area contributed by atoms with E-state index in [0.717, 1.165) is 11.1 Å². The fourth-order valence-corrected chi connectivity index (χ4v) is 4.19. The van der Waals surface area contributed by atoms with Gasteiger partial charge < -0.3 is 10.4 Å². The fraction of sp³-hybridized carbons (Fsp3) is 0.0370. The Morgan fingerprint density at radius 2 is 1.38 bits per heavy atom. The van der Waals surface area contributed by atoms with Crippen molar-refractivity contribution in [3.63, 3.8) is 0 Å². The number of halogens is 2. The standard InChI is InChI=1S/C27H20F2N2OS2/c28-27(29)34-23-15-13-22(14-16-23)30-26(33)24(31-17-5-2-6-18-31)25(32)21-11-9-20(10-12-21)19-7-3-1-4-8-19/h1-18,27H,(H-,30,32,33). The fourth-order valence-electron chi connectivity index (χ4n) is 3.38. The van der Waals surface area contributed by atoms with Gasteiger partial charge in [0, 0.05) is 22.7 Å². The van der Waals surface area contributed by atoms with Crippen molar-refractivity contribution < 1.29 is 18.5 Å². The van der Waals surface area contributed by atoms with Crippen LogP contribution in [0.3, 0.4) is 0 Å². The molecule has 0 amide bonds. The number of alkyl halides is 2. The maximum Gasteiger partial charge on any atom is 0.288 e. The lowest BCUT2D eigenvalue weighted by Gasteiger charge is -2.17. The SMILES string of the molecule is [O-]C(=C(C(=S)Nc1ccc(SC(F)F)cc1)[n+]1ccccc1)c1ccc(-c2ccccc2)cc1. The van der Waals surface area contributed by atoms with E-state index < -0.39 is 5.76 Å². The van der Waals surface area contributed by atoms with E-state index in [1.165, 1.54) is 0 Å². The van der Waals surface area contributed by atoms with Crippen LogP contribution in [0.15, 0.2) is 114 Å². The zero-order valence-corrected chi connectivity index (χ0v) is 19.5. The summed E-state index contributed by atoms with van der Waals surface area (Å²) in [5, 5.41) is 16.6. The second kappa shape index (κ2) is 11.0. The molecule has 0 spiro atoms. The second-order valence-electron chi connectivity index (χ2n) is 7.26. The number of nitrogens with one attached hydrogen (secondary N) is 1. The van der Waals surface area contributed by atoms with Crippen LogP contribution in [0.5, 0.6) is 0 Å². The van der Waals surface area contributed by atoms with Gasteiger partial charge >= 0.3 is 0 Å². The van der Waals surface area contributed by atoms with Crippen molar-refractivity contribution in [2.45, 2.75) is 10.7 Å². The van der Waals surface area contributed by atoms with Crippen LogP contribution in [0.25, 0.3) is 22.6 Å². The van der Waals surface area contributed by atoms with Crippen molar-refractivity contribution in [3.05, 3.63) is 115 Å². The first-order chi connectivity index (χ1) is 16.5. The van der Waals surface area contributed by atoms with Gasteiger partial charge in [-0.25, -0.2) is 0 Å². The number of thioether (sulfide) groups is 1. The number of benzene rings is 3. The third kappa shape index (κ3) is 5.87. The zero-order valence-electron chi connectivity index (χ0n) is 17.9. The minimum Gasteiger partial charge on any atom is -0.867 e. The molecular formula is C27H20F2N2OS2. The molecule has 3 aromatic carbocycles. The van der Waals surface area contributed by atoms with Crippen LogP contribution >= 0.6 is 24.0 Å². The first kappa shape index (κ1) is 23.6. The Kier molecular flexibility index (Phi) is 7.67. The minimum absolute atomic E-state index is 0.225. The van der Waals surface area contributed by atoms with Gasteiger partial charge in [-0.05, 0) is 46.7 Å². The first-order valence-corrected chi connectivity index (χ1v) is 11.7. The lowest BCUT2D eigenvalue weighted by molar-refractivity contribution is -0.577. The van der Waals surface area contributed by atoms with Crippen LogP contribution in [0, 0.1) is 0 Å². The summed E-state index contributed by atoms with van der Waals surface area (Å²) in [5.41, 5.74) is 3.46. The summed E-state index contributed by atoms with van der Waals surface area (Å²) in [6.45, 7) is 0. The van der Waals surface area contributed by atoms with Gasteiger partial charge in [0.05, 0.1) is 0 Å². The first-order valence-electron chi connectivity index (χ1n) is 10.4. The molecule has 0 saturated heterocycles. The Bertz CT molecular complexity index is 1280. The number of anilines is 1. The zero-order chi connectivity index (χ0) is 23.9. The van der Waals surface area contributed by atoms with Gasteiger partial charge in [-0.1, -0.05) is 84.6 Å². The van der Waals surface area contributed by atoms with Crippen LogP contribution in [-0.4, -0.2) is 10.7 Å². The van der Waals surface area contributed by atoms with Gasteiger partial charge in [0.1, 0.15) is 0 Å². The monoisotopic (exact) mass is 490 g/mol. The van der Waals surface area contributed by atoms with Gasteiger partial charge in [0.2, 0.25) is 5.70 Å². The normalized spacial score (nSPS) is 11.7. The molecule has 0 unspecified atom stereocenters. The van der Waals surface area contributed by atoms with E-state index in [2.05, 4.69) is 5.32 Å².